The molecule has 0 aliphatic carbocycles. The smallest absolute Gasteiger partial charge is 0.335 e. The number of aromatic carboxylic acids is 1. The van der Waals surface area contributed by atoms with E-state index in [0.717, 1.165) is 6.07 Å². The van der Waals surface area contributed by atoms with Crippen LogP contribution in [0.2, 0.25) is 5.02 Å². The summed E-state index contributed by atoms with van der Waals surface area (Å²) in [5.74, 6) is -1.23. The summed E-state index contributed by atoms with van der Waals surface area (Å²) in [6, 6.07) is 8.67. The Bertz CT molecular complexity index is 736. The first kappa shape index (κ1) is 15.3. The number of nitro groups is 1. The van der Waals surface area contributed by atoms with Gasteiger partial charge in [0.15, 0.2) is 0 Å². The van der Waals surface area contributed by atoms with Crippen molar-refractivity contribution in [2.24, 2.45) is 0 Å². The van der Waals surface area contributed by atoms with E-state index in [4.69, 9.17) is 16.7 Å². The van der Waals surface area contributed by atoms with Crippen molar-refractivity contribution in [3.63, 3.8) is 0 Å². The molecule has 0 fully saturated rings. The van der Waals surface area contributed by atoms with E-state index in [1.165, 1.54) is 12.1 Å². The van der Waals surface area contributed by atoms with Crippen LogP contribution in [-0.2, 0) is 0 Å². The van der Waals surface area contributed by atoms with E-state index in [1.54, 1.807) is 18.2 Å². The molecule has 0 aliphatic heterocycles. The molecule has 8 heteroatoms. The Morgan fingerprint density at radius 1 is 1.29 bits per heavy atom. The largest absolute Gasteiger partial charge is 0.478 e. The molecule has 0 spiro atoms. The van der Waals surface area contributed by atoms with Crippen LogP contribution in [0, 0.1) is 10.1 Å². The number of benzene rings is 2. The number of hydrogen-bond donors (Lipinski definition) is 2. The van der Waals surface area contributed by atoms with Gasteiger partial charge in [0.25, 0.3) is 5.69 Å². The van der Waals surface area contributed by atoms with Crippen LogP contribution in [-0.4, -0.2) is 16.0 Å². The molecule has 2 N–H and O–H groups in total. The van der Waals surface area contributed by atoms with Gasteiger partial charge in [0.05, 0.1) is 25.7 Å². The molecule has 0 saturated heterocycles. The van der Waals surface area contributed by atoms with E-state index >= 15 is 0 Å². The zero-order valence-electron chi connectivity index (χ0n) is 10.3. The lowest BCUT2D eigenvalue weighted by Crippen LogP contribution is -2.02. The molecule has 0 saturated carbocycles. The van der Waals surface area contributed by atoms with Crippen molar-refractivity contribution in [2.75, 3.05) is 5.32 Å². The molecule has 0 bridgehead atoms. The highest BCUT2D eigenvalue weighted by molar-refractivity contribution is 9.10. The standard InChI is InChI=1S/C13H8BrClN2O4/c14-12-8(15)2-1-3-10(12)16-9-5-4-7(13(18)19)6-11(9)17(20)21/h1-6,16H,(H,18,19). The van der Waals surface area contributed by atoms with Gasteiger partial charge < -0.3 is 10.4 Å². The lowest BCUT2D eigenvalue weighted by atomic mass is 10.1. The Kier molecular flexibility index (Phi) is 4.44. The predicted molar refractivity (Wildman–Crippen MR) is 82.5 cm³/mol. The molecule has 2 aromatic carbocycles. The van der Waals surface area contributed by atoms with Crippen LogP contribution < -0.4 is 5.32 Å². The van der Waals surface area contributed by atoms with Crippen LogP contribution in [0.5, 0.6) is 0 Å². The van der Waals surface area contributed by atoms with Crippen LogP contribution in [0.15, 0.2) is 40.9 Å². The monoisotopic (exact) mass is 370 g/mol. The van der Waals surface area contributed by atoms with E-state index in [0.29, 0.717) is 15.2 Å². The second-order valence-corrected chi connectivity index (χ2v) is 5.22. The topological polar surface area (TPSA) is 92.5 Å². The Morgan fingerprint density at radius 3 is 2.62 bits per heavy atom. The predicted octanol–water partition coefficient (Wildman–Crippen LogP) is 4.45. The molecule has 0 aromatic heterocycles. The minimum atomic E-state index is -1.23. The molecule has 2 rings (SSSR count). The lowest BCUT2D eigenvalue weighted by Gasteiger charge is -2.10. The number of nitrogens with one attached hydrogen (secondary N) is 1. The lowest BCUT2D eigenvalue weighted by molar-refractivity contribution is -0.383. The number of carbonyl (C=O) groups is 1. The summed E-state index contributed by atoms with van der Waals surface area (Å²) in [6.07, 6.45) is 0. The maximum absolute atomic E-state index is 11.1. The Hall–Kier alpha value is -2.12. The number of rotatable bonds is 4. The van der Waals surface area contributed by atoms with Gasteiger partial charge in [0, 0.05) is 6.07 Å². The molecule has 21 heavy (non-hydrogen) atoms. The van der Waals surface area contributed by atoms with Gasteiger partial charge in [-0.05, 0) is 40.2 Å². The third kappa shape index (κ3) is 3.32. The minimum Gasteiger partial charge on any atom is -0.478 e. The quantitative estimate of drug-likeness (QED) is 0.612. The van der Waals surface area contributed by atoms with Crippen molar-refractivity contribution < 1.29 is 14.8 Å². The first-order chi connectivity index (χ1) is 9.90. The molecule has 0 heterocycles. The Labute approximate surface area is 132 Å². The van der Waals surface area contributed by atoms with Crippen LogP contribution in [0.3, 0.4) is 0 Å². The van der Waals surface area contributed by atoms with Gasteiger partial charge >= 0.3 is 5.97 Å². The maximum Gasteiger partial charge on any atom is 0.335 e. The van der Waals surface area contributed by atoms with Crippen molar-refractivity contribution in [3.8, 4) is 0 Å². The van der Waals surface area contributed by atoms with Crippen molar-refractivity contribution >= 4 is 50.6 Å². The molecule has 0 unspecified atom stereocenters. The Morgan fingerprint density at radius 2 is 2.00 bits per heavy atom. The van der Waals surface area contributed by atoms with Gasteiger partial charge in [-0.1, -0.05) is 17.7 Å². The summed E-state index contributed by atoms with van der Waals surface area (Å²) in [5.41, 5.74) is 0.223. The average molecular weight is 372 g/mol. The van der Waals surface area contributed by atoms with Crippen LogP contribution in [0.4, 0.5) is 17.1 Å². The highest BCUT2D eigenvalue weighted by Gasteiger charge is 2.18. The summed E-state index contributed by atoms with van der Waals surface area (Å²) < 4.78 is 0.559. The number of carboxylic acid groups (broad SMARTS) is 1. The number of nitrogens with zero attached hydrogens (tertiary/aromatic N) is 1. The number of halogens is 2. The molecule has 0 atom stereocenters. The summed E-state index contributed by atoms with van der Waals surface area (Å²) in [5, 5.41) is 23.3. The fraction of sp³-hybridized carbons (Fsp3) is 0. The summed E-state index contributed by atoms with van der Waals surface area (Å²) in [7, 11) is 0. The normalized spacial score (nSPS) is 10.2. The second kappa shape index (κ2) is 6.11. The van der Waals surface area contributed by atoms with Gasteiger partial charge in [0.2, 0.25) is 0 Å². The highest BCUT2D eigenvalue weighted by atomic mass is 79.9. The van der Waals surface area contributed by atoms with E-state index in [-0.39, 0.29) is 16.9 Å². The molecule has 108 valence electrons. The third-order valence-corrected chi connectivity index (χ3v) is 4.06. The van der Waals surface area contributed by atoms with Gasteiger partial charge in [-0.2, -0.15) is 0 Å². The highest BCUT2D eigenvalue weighted by Crippen LogP contribution is 2.35. The average Bonchev–Trinajstić information content (AvgIpc) is 2.43. The summed E-state index contributed by atoms with van der Waals surface area (Å²) >= 11 is 9.23. The summed E-state index contributed by atoms with van der Waals surface area (Å²) in [4.78, 5) is 21.3. The van der Waals surface area contributed by atoms with E-state index in [1.807, 2.05) is 0 Å². The first-order valence-electron chi connectivity index (χ1n) is 5.63. The van der Waals surface area contributed by atoms with Gasteiger partial charge in [-0.15, -0.1) is 0 Å². The number of anilines is 2. The van der Waals surface area contributed by atoms with Crippen molar-refractivity contribution in [3.05, 3.63) is 61.6 Å². The molecule has 6 nitrogen and oxygen atoms in total. The van der Waals surface area contributed by atoms with Crippen molar-refractivity contribution in [1.82, 2.24) is 0 Å². The maximum atomic E-state index is 11.1. The molecule has 0 aliphatic rings. The summed E-state index contributed by atoms with van der Waals surface area (Å²) in [6.45, 7) is 0. The molecular weight excluding hydrogens is 364 g/mol. The van der Waals surface area contributed by atoms with Gasteiger partial charge in [0.1, 0.15) is 5.69 Å². The molecular formula is C13H8BrClN2O4. The van der Waals surface area contributed by atoms with Gasteiger partial charge in [-0.3, -0.25) is 10.1 Å². The minimum absolute atomic E-state index is 0.155. The van der Waals surface area contributed by atoms with Crippen LogP contribution in [0.25, 0.3) is 0 Å². The number of nitro benzene ring substituents is 1. The molecule has 0 radical (unpaired) electrons. The van der Waals surface area contributed by atoms with E-state index < -0.39 is 10.9 Å². The number of carboxylic acids is 1. The van der Waals surface area contributed by atoms with Crippen LogP contribution >= 0.6 is 27.5 Å². The second-order valence-electron chi connectivity index (χ2n) is 4.02. The number of hydrogen-bond acceptors (Lipinski definition) is 4. The van der Waals surface area contributed by atoms with Crippen molar-refractivity contribution in [2.45, 2.75) is 0 Å². The SMILES string of the molecule is O=C(O)c1ccc(Nc2cccc(Cl)c2Br)c([N+](=O)[O-])c1. The molecule has 2 aromatic rings. The van der Waals surface area contributed by atoms with Gasteiger partial charge in [-0.25, -0.2) is 4.79 Å². The van der Waals surface area contributed by atoms with E-state index in [9.17, 15) is 14.9 Å². The zero-order chi connectivity index (χ0) is 15.6. The molecule has 0 amide bonds. The zero-order valence-corrected chi connectivity index (χ0v) is 12.7. The third-order valence-electron chi connectivity index (χ3n) is 2.66. The van der Waals surface area contributed by atoms with Crippen LogP contribution in [0.1, 0.15) is 10.4 Å². The fourth-order valence-corrected chi connectivity index (χ4v) is 2.20. The Balaban J connectivity index is 2.46. The van der Waals surface area contributed by atoms with Crippen molar-refractivity contribution in [1.29, 1.82) is 0 Å². The fourth-order valence-electron chi connectivity index (χ4n) is 1.67. The van der Waals surface area contributed by atoms with E-state index in [2.05, 4.69) is 21.2 Å². The first-order valence-corrected chi connectivity index (χ1v) is 6.80.